The van der Waals surface area contributed by atoms with E-state index in [0.29, 0.717) is 0 Å². The average Bonchev–Trinajstić information content (AvgIpc) is 2.84. The molecule has 0 fully saturated rings. The van der Waals surface area contributed by atoms with Gasteiger partial charge in [-0.3, -0.25) is 4.68 Å². The van der Waals surface area contributed by atoms with Gasteiger partial charge in [0.25, 0.3) is 0 Å². The maximum absolute atomic E-state index is 4.41. The monoisotopic (exact) mass is 237 g/mol. The Bertz CT molecular complexity index is 434. The highest BCUT2D eigenvalue weighted by atomic mass is 32.1. The van der Waals surface area contributed by atoms with Crippen LogP contribution >= 0.6 is 11.5 Å². The van der Waals surface area contributed by atoms with Crippen LogP contribution in [0.25, 0.3) is 0 Å². The second kappa shape index (κ2) is 5.07. The Labute approximate surface area is 98.7 Å². The second-order valence-corrected chi connectivity index (χ2v) is 4.46. The largest absolute Gasteiger partial charge is 0.360 e. The first-order valence-electron chi connectivity index (χ1n) is 5.27. The number of hydrogen-bond donors (Lipinski definition) is 1. The molecular formula is C10H15N5S. The van der Waals surface area contributed by atoms with Gasteiger partial charge in [0, 0.05) is 30.3 Å². The van der Waals surface area contributed by atoms with E-state index in [1.54, 1.807) is 6.33 Å². The van der Waals surface area contributed by atoms with Crippen molar-refractivity contribution in [2.45, 2.75) is 26.8 Å². The van der Waals surface area contributed by atoms with Crippen LogP contribution in [-0.2, 0) is 6.54 Å². The lowest BCUT2D eigenvalue weighted by Crippen LogP contribution is -2.08. The average molecular weight is 237 g/mol. The molecule has 5 nitrogen and oxygen atoms in total. The minimum atomic E-state index is 0.883. The number of aryl methyl sites for hydroxylation is 3. The van der Waals surface area contributed by atoms with Crippen molar-refractivity contribution < 1.29 is 0 Å². The molecule has 6 heteroatoms. The van der Waals surface area contributed by atoms with E-state index in [4.69, 9.17) is 0 Å². The summed E-state index contributed by atoms with van der Waals surface area (Å²) in [6.07, 6.45) is 2.59. The molecule has 0 saturated carbocycles. The SMILES string of the molecule is Cc1cc(C)n(CCCNc2ncns2)n1. The molecule has 16 heavy (non-hydrogen) atoms. The predicted octanol–water partition coefficient (Wildman–Crippen LogP) is 1.85. The van der Waals surface area contributed by atoms with Gasteiger partial charge in [-0.2, -0.15) is 9.47 Å². The highest BCUT2D eigenvalue weighted by Crippen LogP contribution is 2.07. The van der Waals surface area contributed by atoms with Gasteiger partial charge >= 0.3 is 0 Å². The number of nitrogens with one attached hydrogen (secondary N) is 1. The van der Waals surface area contributed by atoms with Crippen LogP contribution in [0.15, 0.2) is 12.4 Å². The zero-order chi connectivity index (χ0) is 11.4. The molecule has 0 saturated heterocycles. The van der Waals surface area contributed by atoms with Crippen molar-refractivity contribution in [2.24, 2.45) is 0 Å². The van der Waals surface area contributed by atoms with E-state index in [1.807, 2.05) is 11.6 Å². The minimum absolute atomic E-state index is 0.883. The summed E-state index contributed by atoms with van der Waals surface area (Å²) in [6, 6.07) is 2.10. The van der Waals surface area contributed by atoms with Gasteiger partial charge < -0.3 is 5.32 Å². The van der Waals surface area contributed by atoms with Crippen LogP contribution in [-0.4, -0.2) is 25.7 Å². The molecular weight excluding hydrogens is 222 g/mol. The van der Waals surface area contributed by atoms with Gasteiger partial charge in [0.1, 0.15) is 6.33 Å². The first-order chi connectivity index (χ1) is 7.75. The number of rotatable bonds is 5. The summed E-state index contributed by atoms with van der Waals surface area (Å²) in [5.74, 6) is 0. The summed E-state index contributed by atoms with van der Waals surface area (Å²) in [4.78, 5) is 4.06. The van der Waals surface area contributed by atoms with Crippen molar-refractivity contribution >= 4 is 16.7 Å². The first kappa shape index (κ1) is 11.1. The molecule has 2 aromatic rings. The summed E-state index contributed by atoms with van der Waals surface area (Å²) in [6.45, 7) is 5.93. The van der Waals surface area contributed by atoms with Crippen molar-refractivity contribution in [3.8, 4) is 0 Å². The van der Waals surface area contributed by atoms with Crippen LogP contribution in [0.1, 0.15) is 17.8 Å². The normalized spacial score (nSPS) is 10.6. The van der Waals surface area contributed by atoms with Gasteiger partial charge in [-0.25, -0.2) is 4.98 Å². The third-order valence-electron chi connectivity index (χ3n) is 2.29. The lowest BCUT2D eigenvalue weighted by Gasteiger charge is -2.04. The Balaban J connectivity index is 1.74. The second-order valence-electron chi connectivity index (χ2n) is 3.68. The summed E-state index contributed by atoms with van der Waals surface area (Å²) in [5.41, 5.74) is 2.29. The molecule has 2 heterocycles. The fraction of sp³-hybridized carbons (Fsp3) is 0.500. The van der Waals surface area contributed by atoms with E-state index < -0.39 is 0 Å². The van der Waals surface area contributed by atoms with Crippen molar-refractivity contribution in [3.05, 3.63) is 23.8 Å². The van der Waals surface area contributed by atoms with Gasteiger partial charge in [0.2, 0.25) is 5.13 Å². The van der Waals surface area contributed by atoms with Crippen LogP contribution in [0.3, 0.4) is 0 Å². The molecule has 0 bridgehead atoms. The van der Waals surface area contributed by atoms with E-state index in [9.17, 15) is 0 Å². The Kier molecular flexibility index (Phi) is 3.51. The Morgan fingerprint density at radius 1 is 1.44 bits per heavy atom. The van der Waals surface area contributed by atoms with Crippen LogP contribution in [0.5, 0.6) is 0 Å². The van der Waals surface area contributed by atoms with Gasteiger partial charge in [0.05, 0.1) is 5.69 Å². The van der Waals surface area contributed by atoms with Crippen molar-refractivity contribution in [2.75, 3.05) is 11.9 Å². The third kappa shape index (κ3) is 2.79. The molecule has 2 rings (SSSR count). The number of anilines is 1. The van der Waals surface area contributed by atoms with Gasteiger partial charge in [-0.15, -0.1) is 0 Å². The van der Waals surface area contributed by atoms with Crippen LogP contribution < -0.4 is 5.32 Å². The fourth-order valence-corrected chi connectivity index (χ4v) is 2.03. The number of hydrogen-bond acceptors (Lipinski definition) is 5. The molecule has 0 aliphatic carbocycles. The maximum atomic E-state index is 4.41. The maximum Gasteiger partial charge on any atom is 0.202 e. The van der Waals surface area contributed by atoms with Crippen molar-refractivity contribution in [3.63, 3.8) is 0 Å². The van der Waals surface area contributed by atoms with Gasteiger partial charge in [-0.1, -0.05) is 0 Å². The smallest absolute Gasteiger partial charge is 0.202 e. The quantitative estimate of drug-likeness (QED) is 0.806. The predicted molar refractivity (Wildman–Crippen MR) is 64.7 cm³/mol. The van der Waals surface area contributed by atoms with E-state index in [0.717, 1.165) is 30.3 Å². The first-order valence-corrected chi connectivity index (χ1v) is 6.04. The molecule has 86 valence electrons. The Hall–Kier alpha value is -1.43. The standard InChI is InChI=1S/C10H15N5S/c1-8-6-9(2)15(14-8)5-3-4-11-10-12-7-13-16-10/h6-7H,3-5H2,1-2H3,(H,11,12,13). The molecule has 0 spiro atoms. The highest BCUT2D eigenvalue weighted by molar-refractivity contribution is 7.09. The third-order valence-corrected chi connectivity index (χ3v) is 2.91. The van der Waals surface area contributed by atoms with Gasteiger partial charge in [-0.05, 0) is 26.3 Å². The zero-order valence-corrected chi connectivity index (χ0v) is 10.3. The highest BCUT2D eigenvalue weighted by Gasteiger charge is 2.00. The molecule has 1 N–H and O–H groups in total. The Morgan fingerprint density at radius 3 is 2.94 bits per heavy atom. The fourth-order valence-electron chi connectivity index (χ4n) is 1.58. The molecule has 0 aliphatic rings. The van der Waals surface area contributed by atoms with Crippen LogP contribution in [0.4, 0.5) is 5.13 Å². The topological polar surface area (TPSA) is 55.6 Å². The molecule has 0 radical (unpaired) electrons. The summed E-state index contributed by atoms with van der Waals surface area (Å²) >= 11 is 1.38. The summed E-state index contributed by atoms with van der Waals surface area (Å²) in [7, 11) is 0. The van der Waals surface area contributed by atoms with E-state index in [-0.39, 0.29) is 0 Å². The zero-order valence-electron chi connectivity index (χ0n) is 9.47. The van der Waals surface area contributed by atoms with E-state index >= 15 is 0 Å². The summed E-state index contributed by atoms with van der Waals surface area (Å²) in [5, 5.41) is 8.52. The van der Waals surface area contributed by atoms with Crippen LogP contribution in [0.2, 0.25) is 0 Å². The molecule has 0 aliphatic heterocycles. The minimum Gasteiger partial charge on any atom is -0.360 e. The van der Waals surface area contributed by atoms with E-state index in [1.165, 1.54) is 17.2 Å². The van der Waals surface area contributed by atoms with Crippen molar-refractivity contribution in [1.29, 1.82) is 0 Å². The molecule has 0 amide bonds. The van der Waals surface area contributed by atoms with Crippen LogP contribution in [0, 0.1) is 13.8 Å². The molecule has 0 aromatic carbocycles. The molecule has 0 atom stereocenters. The lowest BCUT2D eigenvalue weighted by molar-refractivity contribution is 0.573. The molecule has 0 unspecified atom stereocenters. The lowest BCUT2D eigenvalue weighted by atomic mass is 10.4. The number of aromatic nitrogens is 4. The van der Waals surface area contributed by atoms with Gasteiger partial charge in [0.15, 0.2) is 0 Å². The Morgan fingerprint density at radius 2 is 2.31 bits per heavy atom. The molecule has 2 aromatic heterocycles. The van der Waals surface area contributed by atoms with Crippen molar-refractivity contribution in [1.82, 2.24) is 19.1 Å². The summed E-state index contributed by atoms with van der Waals surface area (Å²) < 4.78 is 5.97. The number of nitrogens with zero attached hydrogens (tertiary/aromatic N) is 4. The van der Waals surface area contributed by atoms with E-state index in [2.05, 4.69) is 32.8 Å².